The van der Waals surface area contributed by atoms with Gasteiger partial charge >= 0.3 is 0 Å². The van der Waals surface area contributed by atoms with Crippen molar-refractivity contribution in [1.82, 2.24) is 14.8 Å². The normalized spacial score (nSPS) is 15.2. The van der Waals surface area contributed by atoms with E-state index in [4.69, 9.17) is 0 Å². The lowest BCUT2D eigenvalue weighted by Gasteiger charge is -2.15. The standard InChI is InChI=1S/C18H20N4OS/c1-21-11-13(16(20-21)12-7-3-4-8-12)17(23)22(2)18-19-14-9-5-6-10-15(14)24-18/h5-6,9-12H,3-4,7-8H2,1-2H3. The van der Waals surface area contributed by atoms with Crippen LogP contribution >= 0.6 is 11.3 Å². The highest BCUT2D eigenvalue weighted by Crippen LogP contribution is 2.36. The van der Waals surface area contributed by atoms with Gasteiger partial charge in [0.05, 0.1) is 21.5 Å². The number of aromatic nitrogens is 3. The van der Waals surface area contributed by atoms with Gasteiger partial charge in [-0.2, -0.15) is 5.10 Å². The molecule has 2 heterocycles. The second-order valence-corrected chi connectivity index (χ2v) is 7.42. The van der Waals surface area contributed by atoms with Crippen LogP contribution < -0.4 is 4.90 Å². The smallest absolute Gasteiger partial charge is 0.263 e. The van der Waals surface area contributed by atoms with Crippen molar-refractivity contribution in [1.29, 1.82) is 0 Å². The number of carbonyl (C=O) groups excluding carboxylic acids is 1. The van der Waals surface area contributed by atoms with E-state index in [-0.39, 0.29) is 5.91 Å². The maximum Gasteiger partial charge on any atom is 0.263 e. The highest BCUT2D eigenvalue weighted by atomic mass is 32.1. The molecule has 4 rings (SSSR count). The van der Waals surface area contributed by atoms with Gasteiger partial charge in [0.15, 0.2) is 5.13 Å². The average Bonchev–Trinajstić information content (AvgIpc) is 3.31. The number of rotatable bonds is 3. The summed E-state index contributed by atoms with van der Waals surface area (Å²) in [5.74, 6) is 0.387. The highest BCUT2D eigenvalue weighted by Gasteiger charge is 2.28. The molecule has 1 fully saturated rings. The Morgan fingerprint density at radius 3 is 2.79 bits per heavy atom. The number of hydrogen-bond donors (Lipinski definition) is 0. The maximum atomic E-state index is 13.1. The molecule has 0 unspecified atom stereocenters. The Balaban J connectivity index is 1.67. The molecule has 1 aliphatic rings. The molecule has 0 saturated heterocycles. The van der Waals surface area contributed by atoms with Crippen LogP contribution in [0.5, 0.6) is 0 Å². The first-order chi connectivity index (χ1) is 11.6. The highest BCUT2D eigenvalue weighted by molar-refractivity contribution is 7.22. The first kappa shape index (κ1) is 15.3. The van der Waals surface area contributed by atoms with Crippen LogP contribution in [-0.2, 0) is 7.05 Å². The van der Waals surface area contributed by atoms with Crippen molar-refractivity contribution in [3.8, 4) is 0 Å². The topological polar surface area (TPSA) is 51.0 Å². The summed E-state index contributed by atoms with van der Waals surface area (Å²) < 4.78 is 2.85. The molecule has 0 atom stereocenters. The third-order valence-electron chi connectivity index (χ3n) is 4.70. The summed E-state index contributed by atoms with van der Waals surface area (Å²) in [5.41, 5.74) is 2.60. The Morgan fingerprint density at radius 2 is 2.04 bits per heavy atom. The summed E-state index contributed by atoms with van der Waals surface area (Å²) in [6.45, 7) is 0. The molecule has 124 valence electrons. The number of aryl methyl sites for hydroxylation is 1. The molecule has 24 heavy (non-hydrogen) atoms. The van der Waals surface area contributed by atoms with E-state index in [1.807, 2.05) is 37.5 Å². The van der Waals surface area contributed by atoms with Gasteiger partial charge in [0, 0.05) is 26.2 Å². The first-order valence-corrected chi connectivity index (χ1v) is 9.12. The number of para-hydroxylation sites is 1. The lowest BCUT2D eigenvalue weighted by atomic mass is 10.00. The van der Waals surface area contributed by atoms with E-state index in [1.54, 1.807) is 28.0 Å². The van der Waals surface area contributed by atoms with Gasteiger partial charge in [-0.25, -0.2) is 4.98 Å². The van der Waals surface area contributed by atoms with Gasteiger partial charge in [0.25, 0.3) is 5.91 Å². The SMILES string of the molecule is CN(C(=O)c1cn(C)nc1C1CCCC1)c1nc2ccccc2s1. The van der Waals surface area contributed by atoms with Crippen LogP contribution in [-0.4, -0.2) is 27.7 Å². The quantitative estimate of drug-likeness (QED) is 0.725. The van der Waals surface area contributed by atoms with Gasteiger partial charge in [-0.3, -0.25) is 14.4 Å². The van der Waals surface area contributed by atoms with Crippen LogP contribution in [0.2, 0.25) is 0 Å². The molecule has 2 aromatic heterocycles. The van der Waals surface area contributed by atoms with Gasteiger partial charge in [-0.15, -0.1) is 0 Å². The van der Waals surface area contributed by atoms with Crippen LogP contribution in [0.1, 0.15) is 47.7 Å². The largest absolute Gasteiger partial charge is 0.287 e. The molecule has 0 spiro atoms. The van der Waals surface area contributed by atoms with Crippen LogP contribution in [0.3, 0.4) is 0 Å². The van der Waals surface area contributed by atoms with Crippen LogP contribution in [0, 0.1) is 0 Å². The van der Waals surface area contributed by atoms with E-state index < -0.39 is 0 Å². The number of benzene rings is 1. The van der Waals surface area contributed by atoms with E-state index in [0.29, 0.717) is 11.5 Å². The van der Waals surface area contributed by atoms with E-state index in [2.05, 4.69) is 10.1 Å². The molecule has 6 heteroatoms. The molecular formula is C18H20N4OS. The number of hydrogen-bond acceptors (Lipinski definition) is 4. The average molecular weight is 340 g/mol. The van der Waals surface area contributed by atoms with E-state index in [9.17, 15) is 4.79 Å². The van der Waals surface area contributed by atoms with Gasteiger partial charge in [0.1, 0.15) is 0 Å². The van der Waals surface area contributed by atoms with Crippen molar-refractivity contribution in [2.75, 3.05) is 11.9 Å². The summed E-state index contributed by atoms with van der Waals surface area (Å²) in [6, 6.07) is 7.96. The van der Waals surface area contributed by atoms with Crippen LogP contribution in [0.25, 0.3) is 10.2 Å². The molecule has 3 aromatic rings. The predicted molar refractivity (Wildman–Crippen MR) is 96.8 cm³/mol. The van der Waals surface area contributed by atoms with Crippen molar-refractivity contribution in [3.63, 3.8) is 0 Å². The Kier molecular flexibility index (Phi) is 3.84. The van der Waals surface area contributed by atoms with Gasteiger partial charge in [0.2, 0.25) is 0 Å². The Labute approximate surface area is 144 Å². The Hall–Kier alpha value is -2.21. The Bertz CT molecular complexity index is 858. The number of nitrogens with zero attached hydrogens (tertiary/aromatic N) is 4. The Morgan fingerprint density at radius 1 is 1.29 bits per heavy atom. The van der Waals surface area contributed by atoms with E-state index in [0.717, 1.165) is 33.9 Å². The van der Waals surface area contributed by atoms with Gasteiger partial charge < -0.3 is 0 Å². The number of anilines is 1. The number of amides is 1. The number of carbonyl (C=O) groups is 1. The fraction of sp³-hybridized carbons (Fsp3) is 0.389. The molecule has 0 bridgehead atoms. The lowest BCUT2D eigenvalue weighted by Crippen LogP contribution is -2.27. The predicted octanol–water partition coefficient (Wildman–Crippen LogP) is 3.96. The third kappa shape index (κ3) is 2.60. The summed E-state index contributed by atoms with van der Waals surface area (Å²) in [6.07, 6.45) is 6.55. The number of thiazole rings is 1. The molecule has 5 nitrogen and oxygen atoms in total. The van der Waals surface area contributed by atoms with E-state index in [1.165, 1.54) is 12.8 Å². The monoisotopic (exact) mass is 340 g/mol. The summed E-state index contributed by atoms with van der Waals surface area (Å²) in [5, 5.41) is 5.31. The zero-order valence-corrected chi connectivity index (χ0v) is 14.7. The van der Waals surface area contributed by atoms with Crippen LogP contribution in [0.15, 0.2) is 30.5 Å². The van der Waals surface area contributed by atoms with Crippen molar-refractivity contribution < 1.29 is 4.79 Å². The lowest BCUT2D eigenvalue weighted by molar-refractivity contribution is 0.0991. The minimum atomic E-state index is -0.0240. The van der Waals surface area contributed by atoms with E-state index >= 15 is 0 Å². The van der Waals surface area contributed by atoms with Gasteiger partial charge in [-0.05, 0) is 25.0 Å². The van der Waals surface area contributed by atoms with Crippen LogP contribution in [0.4, 0.5) is 5.13 Å². The minimum Gasteiger partial charge on any atom is -0.287 e. The molecule has 1 saturated carbocycles. The summed E-state index contributed by atoms with van der Waals surface area (Å²) in [4.78, 5) is 19.3. The molecule has 0 radical (unpaired) electrons. The third-order valence-corrected chi connectivity index (χ3v) is 5.82. The summed E-state index contributed by atoms with van der Waals surface area (Å²) in [7, 11) is 3.68. The van der Waals surface area contributed by atoms with Crippen molar-refractivity contribution in [2.24, 2.45) is 7.05 Å². The molecule has 1 amide bonds. The van der Waals surface area contributed by atoms with Gasteiger partial charge in [-0.1, -0.05) is 36.3 Å². The molecule has 1 aromatic carbocycles. The number of fused-ring (bicyclic) bond motifs is 1. The van der Waals surface area contributed by atoms with Crippen molar-refractivity contribution >= 4 is 32.6 Å². The first-order valence-electron chi connectivity index (χ1n) is 8.30. The summed E-state index contributed by atoms with van der Waals surface area (Å²) >= 11 is 1.54. The van der Waals surface area contributed by atoms with Crippen molar-refractivity contribution in [2.45, 2.75) is 31.6 Å². The second-order valence-electron chi connectivity index (χ2n) is 6.41. The molecule has 0 aliphatic heterocycles. The molecule has 1 aliphatic carbocycles. The zero-order chi connectivity index (χ0) is 16.7. The van der Waals surface area contributed by atoms with Crippen molar-refractivity contribution in [3.05, 3.63) is 41.7 Å². The molecular weight excluding hydrogens is 320 g/mol. The fourth-order valence-corrected chi connectivity index (χ4v) is 4.37. The second kappa shape index (κ2) is 6.02. The zero-order valence-electron chi connectivity index (χ0n) is 13.9. The maximum absolute atomic E-state index is 13.1. The minimum absolute atomic E-state index is 0.0240. The fourth-order valence-electron chi connectivity index (χ4n) is 3.44. The molecule has 0 N–H and O–H groups in total.